The topological polar surface area (TPSA) is 49.3 Å². The number of rotatable bonds is 2. The summed E-state index contributed by atoms with van der Waals surface area (Å²) < 4.78 is 0. The summed E-state index contributed by atoms with van der Waals surface area (Å²) >= 11 is 1.92. The highest BCUT2D eigenvalue weighted by atomic mass is 32.2. The predicted octanol–water partition coefficient (Wildman–Crippen LogP) is 2.32. The van der Waals surface area contributed by atoms with E-state index in [0.29, 0.717) is 11.3 Å². The van der Waals surface area contributed by atoms with Gasteiger partial charge in [-0.3, -0.25) is 10.1 Å². The van der Waals surface area contributed by atoms with Crippen LogP contribution in [0, 0.1) is 11.8 Å². The third kappa shape index (κ3) is 2.92. The molecule has 1 aliphatic carbocycles. The molecular formula is C12H21NO2S. The summed E-state index contributed by atoms with van der Waals surface area (Å²) in [6, 6.07) is -0.316. The number of carboxylic acid groups (broad SMARTS) is 1. The summed E-state index contributed by atoms with van der Waals surface area (Å²) in [5.41, 5.74) is 0. The maximum atomic E-state index is 11.0. The summed E-state index contributed by atoms with van der Waals surface area (Å²) in [6.45, 7) is 2.31. The standard InChI is InChI=1S/C12H21NO2S/c1-8-3-2-4-9(7-8)11-13-10(12(14)15)5-6-16-11/h8-11,13H,2-7H2,1H3,(H,14,15). The smallest absolute Gasteiger partial charge is 0.320 e. The van der Waals surface area contributed by atoms with Crippen LogP contribution < -0.4 is 5.32 Å². The van der Waals surface area contributed by atoms with Crippen LogP contribution in [0.15, 0.2) is 0 Å². The van der Waals surface area contributed by atoms with E-state index in [1.165, 1.54) is 25.7 Å². The second-order valence-corrected chi connectivity index (χ2v) is 6.42. The molecule has 0 aromatic carbocycles. The van der Waals surface area contributed by atoms with Crippen LogP contribution in [0.25, 0.3) is 0 Å². The lowest BCUT2D eigenvalue weighted by atomic mass is 9.82. The molecule has 0 spiro atoms. The Morgan fingerprint density at radius 2 is 2.19 bits per heavy atom. The zero-order valence-electron chi connectivity index (χ0n) is 9.82. The summed E-state index contributed by atoms with van der Waals surface area (Å²) in [7, 11) is 0. The number of hydrogen-bond acceptors (Lipinski definition) is 3. The fourth-order valence-electron chi connectivity index (χ4n) is 2.87. The van der Waals surface area contributed by atoms with Crippen molar-refractivity contribution in [3.8, 4) is 0 Å². The summed E-state index contributed by atoms with van der Waals surface area (Å²) in [5.74, 6) is 1.79. The Hall–Kier alpha value is -0.220. The first-order chi connectivity index (χ1) is 7.66. The van der Waals surface area contributed by atoms with Crippen molar-refractivity contribution in [2.24, 2.45) is 11.8 Å². The van der Waals surface area contributed by atoms with Gasteiger partial charge in [-0.05, 0) is 36.9 Å². The van der Waals surface area contributed by atoms with Crippen molar-refractivity contribution >= 4 is 17.7 Å². The van der Waals surface area contributed by atoms with Gasteiger partial charge < -0.3 is 5.11 Å². The zero-order chi connectivity index (χ0) is 11.5. The first kappa shape index (κ1) is 12.2. The van der Waals surface area contributed by atoms with Crippen molar-refractivity contribution in [2.75, 3.05) is 5.75 Å². The van der Waals surface area contributed by atoms with Crippen molar-refractivity contribution in [1.82, 2.24) is 5.32 Å². The van der Waals surface area contributed by atoms with Gasteiger partial charge in [-0.1, -0.05) is 19.8 Å². The molecule has 0 radical (unpaired) electrons. The van der Waals surface area contributed by atoms with E-state index in [9.17, 15) is 4.79 Å². The fourth-order valence-corrected chi connectivity index (χ4v) is 4.27. The number of aliphatic carboxylic acids is 1. The molecule has 3 nitrogen and oxygen atoms in total. The second kappa shape index (κ2) is 5.41. The molecule has 2 aliphatic rings. The molecule has 92 valence electrons. The van der Waals surface area contributed by atoms with E-state index < -0.39 is 5.97 Å². The molecule has 1 saturated carbocycles. The summed E-state index contributed by atoms with van der Waals surface area (Å²) in [6.07, 6.45) is 5.94. The maximum absolute atomic E-state index is 11.0. The van der Waals surface area contributed by atoms with Gasteiger partial charge in [0.05, 0.1) is 5.37 Å². The van der Waals surface area contributed by atoms with Gasteiger partial charge in [-0.2, -0.15) is 0 Å². The van der Waals surface area contributed by atoms with E-state index in [1.807, 2.05) is 11.8 Å². The third-order valence-electron chi connectivity index (χ3n) is 3.77. The minimum atomic E-state index is -0.686. The van der Waals surface area contributed by atoms with E-state index in [-0.39, 0.29) is 6.04 Å². The first-order valence-electron chi connectivity index (χ1n) is 6.27. The zero-order valence-corrected chi connectivity index (χ0v) is 10.6. The average Bonchev–Trinajstić information content (AvgIpc) is 2.29. The van der Waals surface area contributed by atoms with Crippen LogP contribution >= 0.6 is 11.8 Å². The minimum Gasteiger partial charge on any atom is -0.480 e. The van der Waals surface area contributed by atoms with E-state index in [0.717, 1.165) is 18.1 Å². The van der Waals surface area contributed by atoms with E-state index in [2.05, 4.69) is 12.2 Å². The fraction of sp³-hybridized carbons (Fsp3) is 0.917. The minimum absolute atomic E-state index is 0.316. The Bertz CT molecular complexity index is 259. The number of carbonyl (C=O) groups is 1. The highest BCUT2D eigenvalue weighted by Crippen LogP contribution is 2.36. The van der Waals surface area contributed by atoms with Gasteiger partial charge in [0.25, 0.3) is 0 Å². The molecule has 4 atom stereocenters. The molecule has 1 saturated heterocycles. The van der Waals surface area contributed by atoms with Crippen LogP contribution in [0.3, 0.4) is 0 Å². The number of nitrogens with one attached hydrogen (secondary N) is 1. The SMILES string of the molecule is CC1CCCC(C2NC(C(=O)O)CCS2)C1. The van der Waals surface area contributed by atoms with Crippen LogP contribution in [0.5, 0.6) is 0 Å². The van der Waals surface area contributed by atoms with Crippen molar-refractivity contribution in [1.29, 1.82) is 0 Å². The average molecular weight is 243 g/mol. The Labute approximate surface area is 101 Å². The van der Waals surface area contributed by atoms with Gasteiger partial charge in [0.15, 0.2) is 0 Å². The van der Waals surface area contributed by atoms with Crippen molar-refractivity contribution in [3.05, 3.63) is 0 Å². The highest BCUT2D eigenvalue weighted by Gasteiger charge is 2.33. The largest absolute Gasteiger partial charge is 0.480 e. The molecule has 4 unspecified atom stereocenters. The van der Waals surface area contributed by atoms with Crippen molar-refractivity contribution in [3.63, 3.8) is 0 Å². The quantitative estimate of drug-likeness (QED) is 0.781. The number of carboxylic acids is 1. The van der Waals surface area contributed by atoms with Crippen LogP contribution in [0.1, 0.15) is 39.0 Å². The molecule has 16 heavy (non-hydrogen) atoms. The molecule has 0 aromatic rings. The normalized spacial score (nSPS) is 40.6. The van der Waals surface area contributed by atoms with E-state index in [4.69, 9.17) is 5.11 Å². The lowest BCUT2D eigenvalue weighted by Crippen LogP contribution is -2.49. The molecule has 4 heteroatoms. The molecule has 2 fully saturated rings. The Morgan fingerprint density at radius 1 is 1.38 bits per heavy atom. The number of thioether (sulfide) groups is 1. The van der Waals surface area contributed by atoms with Gasteiger partial charge in [0.1, 0.15) is 6.04 Å². The van der Waals surface area contributed by atoms with Crippen LogP contribution in [0.2, 0.25) is 0 Å². The molecule has 2 N–H and O–H groups in total. The maximum Gasteiger partial charge on any atom is 0.320 e. The molecule has 0 bridgehead atoms. The van der Waals surface area contributed by atoms with E-state index in [1.54, 1.807) is 0 Å². The molecule has 2 rings (SSSR count). The highest BCUT2D eigenvalue weighted by molar-refractivity contribution is 7.99. The van der Waals surface area contributed by atoms with Crippen molar-refractivity contribution in [2.45, 2.75) is 50.4 Å². The second-order valence-electron chi connectivity index (χ2n) is 5.17. The monoisotopic (exact) mass is 243 g/mol. The molecule has 0 aromatic heterocycles. The summed E-state index contributed by atoms with van der Waals surface area (Å²) in [5, 5.41) is 12.7. The van der Waals surface area contributed by atoms with Crippen LogP contribution in [-0.2, 0) is 4.79 Å². The first-order valence-corrected chi connectivity index (χ1v) is 7.32. The van der Waals surface area contributed by atoms with E-state index >= 15 is 0 Å². The molecule has 0 amide bonds. The number of hydrogen-bond donors (Lipinski definition) is 2. The van der Waals surface area contributed by atoms with Crippen molar-refractivity contribution < 1.29 is 9.90 Å². The van der Waals surface area contributed by atoms with Gasteiger partial charge >= 0.3 is 5.97 Å². The lowest BCUT2D eigenvalue weighted by Gasteiger charge is -2.37. The molecule has 1 heterocycles. The van der Waals surface area contributed by atoms with Crippen LogP contribution in [0.4, 0.5) is 0 Å². The van der Waals surface area contributed by atoms with Gasteiger partial charge in [-0.15, -0.1) is 11.8 Å². The predicted molar refractivity (Wildman–Crippen MR) is 66.5 cm³/mol. The van der Waals surface area contributed by atoms with Crippen LogP contribution in [-0.4, -0.2) is 28.2 Å². The summed E-state index contributed by atoms with van der Waals surface area (Å²) in [4.78, 5) is 11.0. The molecular weight excluding hydrogens is 222 g/mol. The Kier molecular flexibility index (Phi) is 4.14. The van der Waals surface area contributed by atoms with Gasteiger partial charge in [-0.25, -0.2) is 0 Å². The Balaban J connectivity index is 1.90. The third-order valence-corrected chi connectivity index (χ3v) is 5.12. The Morgan fingerprint density at radius 3 is 2.88 bits per heavy atom. The van der Waals surface area contributed by atoms with Gasteiger partial charge in [0, 0.05) is 0 Å². The molecule has 1 aliphatic heterocycles. The lowest BCUT2D eigenvalue weighted by molar-refractivity contribution is -0.139. The van der Waals surface area contributed by atoms with Gasteiger partial charge in [0.2, 0.25) is 0 Å².